The monoisotopic (exact) mass is 189 g/mol. The third kappa shape index (κ3) is 3.78. The van der Waals surface area contributed by atoms with Gasteiger partial charge in [-0.05, 0) is 37.3 Å². The molecule has 1 N–H and O–H groups in total. The Bertz CT molecular complexity index is 115. The molecule has 2 unspecified atom stereocenters. The summed E-state index contributed by atoms with van der Waals surface area (Å²) in [5, 5.41) is 3.44. The second-order valence-corrected chi connectivity index (χ2v) is 4.58. The van der Waals surface area contributed by atoms with Crippen LogP contribution in [0.25, 0.3) is 0 Å². The van der Waals surface area contributed by atoms with Crippen LogP contribution in [0.3, 0.4) is 0 Å². The lowest BCUT2D eigenvalue weighted by Crippen LogP contribution is -2.30. The first-order valence-corrected chi connectivity index (χ1v) is 5.79. The van der Waals surface area contributed by atoms with Gasteiger partial charge in [0.15, 0.2) is 0 Å². The molecular weight excluding hydrogens is 170 g/mol. The molecule has 1 rings (SSSR count). The van der Waals surface area contributed by atoms with Gasteiger partial charge in [-0.2, -0.15) is 11.8 Å². The van der Waals surface area contributed by atoms with E-state index in [1.165, 1.54) is 24.5 Å². The summed E-state index contributed by atoms with van der Waals surface area (Å²) in [6.07, 6.45) is 1.73. The lowest BCUT2D eigenvalue weighted by atomic mass is 10.1. The van der Waals surface area contributed by atoms with Crippen LogP contribution < -0.4 is 5.32 Å². The standard InChI is InChI=1S/C9H19NOS/c1-8(11-2)5-10-6-9-3-4-12-7-9/h8-10H,3-7H2,1-2H3. The zero-order valence-corrected chi connectivity index (χ0v) is 8.82. The maximum atomic E-state index is 5.15. The van der Waals surface area contributed by atoms with Gasteiger partial charge in [0, 0.05) is 13.7 Å². The van der Waals surface area contributed by atoms with Crippen LogP contribution in [-0.4, -0.2) is 37.8 Å². The Kier molecular flexibility index (Phi) is 5.04. The summed E-state index contributed by atoms with van der Waals surface area (Å²) in [5.74, 6) is 3.60. The molecule has 0 aromatic carbocycles. The summed E-state index contributed by atoms with van der Waals surface area (Å²) in [7, 11) is 1.76. The summed E-state index contributed by atoms with van der Waals surface area (Å²) >= 11 is 2.08. The molecule has 2 atom stereocenters. The van der Waals surface area contributed by atoms with Crippen LogP contribution in [0, 0.1) is 5.92 Å². The summed E-state index contributed by atoms with van der Waals surface area (Å²) in [6.45, 7) is 4.24. The first-order chi connectivity index (χ1) is 5.83. The van der Waals surface area contributed by atoms with Crippen molar-refractivity contribution in [2.24, 2.45) is 5.92 Å². The Hall–Kier alpha value is 0.270. The smallest absolute Gasteiger partial charge is 0.0667 e. The van der Waals surface area contributed by atoms with Crippen molar-refractivity contribution in [2.45, 2.75) is 19.4 Å². The molecule has 72 valence electrons. The first kappa shape index (κ1) is 10.4. The number of hydrogen-bond acceptors (Lipinski definition) is 3. The fourth-order valence-corrected chi connectivity index (χ4v) is 2.60. The van der Waals surface area contributed by atoms with Gasteiger partial charge in [-0.25, -0.2) is 0 Å². The third-order valence-electron chi connectivity index (χ3n) is 2.29. The van der Waals surface area contributed by atoms with E-state index in [0.29, 0.717) is 6.10 Å². The molecule has 1 heterocycles. The van der Waals surface area contributed by atoms with Gasteiger partial charge >= 0.3 is 0 Å². The Morgan fingerprint density at radius 3 is 3.08 bits per heavy atom. The number of ether oxygens (including phenoxy) is 1. The van der Waals surface area contributed by atoms with E-state index in [1.807, 2.05) is 0 Å². The van der Waals surface area contributed by atoms with Crippen molar-refractivity contribution in [3.8, 4) is 0 Å². The SMILES string of the molecule is COC(C)CNCC1CCSC1. The molecule has 0 aromatic heterocycles. The molecule has 2 nitrogen and oxygen atoms in total. The van der Waals surface area contributed by atoms with Crippen LogP contribution in [0.1, 0.15) is 13.3 Å². The van der Waals surface area contributed by atoms with Crippen LogP contribution >= 0.6 is 11.8 Å². The van der Waals surface area contributed by atoms with Gasteiger partial charge in [0.05, 0.1) is 6.10 Å². The maximum Gasteiger partial charge on any atom is 0.0667 e. The van der Waals surface area contributed by atoms with Crippen LogP contribution in [0.2, 0.25) is 0 Å². The molecular formula is C9H19NOS. The highest BCUT2D eigenvalue weighted by Gasteiger charge is 2.14. The Morgan fingerprint density at radius 1 is 1.67 bits per heavy atom. The van der Waals surface area contributed by atoms with Gasteiger partial charge in [-0.3, -0.25) is 0 Å². The van der Waals surface area contributed by atoms with Gasteiger partial charge in [0.1, 0.15) is 0 Å². The van der Waals surface area contributed by atoms with E-state index in [9.17, 15) is 0 Å². The zero-order valence-electron chi connectivity index (χ0n) is 8.01. The highest BCUT2D eigenvalue weighted by molar-refractivity contribution is 7.99. The molecule has 3 heteroatoms. The van der Waals surface area contributed by atoms with E-state index in [0.717, 1.165) is 12.5 Å². The van der Waals surface area contributed by atoms with Crippen molar-refractivity contribution in [3.63, 3.8) is 0 Å². The molecule has 0 saturated carbocycles. The number of methoxy groups -OCH3 is 1. The Morgan fingerprint density at radius 2 is 2.50 bits per heavy atom. The molecule has 12 heavy (non-hydrogen) atoms. The van der Waals surface area contributed by atoms with Crippen molar-refractivity contribution in [3.05, 3.63) is 0 Å². The van der Waals surface area contributed by atoms with Crippen LogP contribution in [-0.2, 0) is 4.74 Å². The molecule has 1 fully saturated rings. The van der Waals surface area contributed by atoms with Gasteiger partial charge in [-0.1, -0.05) is 0 Å². The van der Waals surface area contributed by atoms with E-state index >= 15 is 0 Å². The molecule has 0 radical (unpaired) electrons. The quantitative estimate of drug-likeness (QED) is 0.705. The van der Waals surface area contributed by atoms with Crippen LogP contribution in [0.4, 0.5) is 0 Å². The fourth-order valence-electron chi connectivity index (χ4n) is 1.32. The molecule has 1 aliphatic heterocycles. The van der Waals surface area contributed by atoms with Crippen molar-refractivity contribution >= 4 is 11.8 Å². The van der Waals surface area contributed by atoms with E-state index < -0.39 is 0 Å². The van der Waals surface area contributed by atoms with E-state index in [-0.39, 0.29) is 0 Å². The average molecular weight is 189 g/mol. The molecule has 0 aliphatic carbocycles. The lowest BCUT2D eigenvalue weighted by Gasteiger charge is -2.13. The minimum atomic E-state index is 0.346. The van der Waals surface area contributed by atoms with Gasteiger partial charge in [-0.15, -0.1) is 0 Å². The van der Waals surface area contributed by atoms with Crippen molar-refractivity contribution in [1.29, 1.82) is 0 Å². The van der Waals surface area contributed by atoms with Crippen molar-refractivity contribution in [1.82, 2.24) is 5.32 Å². The predicted octanol–water partition coefficient (Wildman–Crippen LogP) is 1.36. The molecule has 0 spiro atoms. The van der Waals surface area contributed by atoms with E-state index in [2.05, 4.69) is 24.0 Å². The van der Waals surface area contributed by atoms with E-state index in [4.69, 9.17) is 4.74 Å². The number of nitrogens with one attached hydrogen (secondary N) is 1. The third-order valence-corrected chi connectivity index (χ3v) is 3.52. The van der Waals surface area contributed by atoms with Crippen LogP contribution in [0.15, 0.2) is 0 Å². The largest absolute Gasteiger partial charge is 0.380 e. The molecule has 0 bridgehead atoms. The lowest BCUT2D eigenvalue weighted by molar-refractivity contribution is 0.116. The second kappa shape index (κ2) is 5.84. The number of rotatable bonds is 5. The highest BCUT2D eigenvalue weighted by atomic mass is 32.2. The zero-order chi connectivity index (χ0) is 8.81. The average Bonchev–Trinajstić information content (AvgIpc) is 2.57. The Balaban J connectivity index is 1.94. The summed E-state index contributed by atoms with van der Waals surface area (Å²) in [5.41, 5.74) is 0. The second-order valence-electron chi connectivity index (χ2n) is 3.43. The number of hydrogen-bond donors (Lipinski definition) is 1. The molecule has 1 aliphatic rings. The molecule has 0 amide bonds. The Labute approximate surface area is 79.4 Å². The van der Waals surface area contributed by atoms with Crippen molar-refractivity contribution in [2.75, 3.05) is 31.7 Å². The van der Waals surface area contributed by atoms with E-state index in [1.54, 1.807) is 7.11 Å². The summed E-state index contributed by atoms with van der Waals surface area (Å²) < 4.78 is 5.15. The number of thioether (sulfide) groups is 1. The normalized spacial score (nSPS) is 26.0. The van der Waals surface area contributed by atoms with Gasteiger partial charge < -0.3 is 10.1 Å². The van der Waals surface area contributed by atoms with Crippen molar-refractivity contribution < 1.29 is 4.74 Å². The van der Waals surface area contributed by atoms with Gasteiger partial charge in [0.2, 0.25) is 0 Å². The minimum absolute atomic E-state index is 0.346. The predicted molar refractivity (Wildman–Crippen MR) is 54.8 cm³/mol. The molecule has 0 aromatic rings. The fraction of sp³-hybridized carbons (Fsp3) is 1.00. The summed E-state index contributed by atoms with van der Waals surface area (Å²) in [6, 6.07) is 0. The summed E-state index contributed by atoms with van der Waals surface area (Å²) in [4.78, 5) is 0. The van der Waals surface area contributed by atoms with Crippen LogP contribution in [0.5, 0.6) is 0 Å². The minimum Gasteiger partial charge on any atom is -0.380 e. The van der Waals surface area contributed by atoms with Gasteiger partial charge in [0.25, 0.3) is 0 Å². The highest BCUT2D eigenvalue weighted by Crippen LogP contribution is 2.22. The molecule has 1 saturated heterocycles. The topological polar surface area (TPSA) is 21.3 Å². The first-order valence-electron chi connectivity index (χ1n) is 4.64. The maximum absolute atomic E-state index is 5.15.